The van der Waals surface area contributed by atoms with E-state index < -0.39 is 28.9 Å². The van der Waals surface area contributed by atoms with Gasteiger partial charge in [0, 0.05) is 6.07 Å². The van der Waals surface area contributed by atoms with Crippen molar-refractivity contribution in [3.8, 4) is 0 Å². The summed E-state index contributed by atoms with van der Waals surface area (Å²) in [6.07, 6.45) is -0.542. The highest BCUT2D eigenvalue weighted by atomic mass is 16.6. The number of benzene rings is 1. The summed E-state index contributed by atoms with van der Waals surface area (Å²) in [4.78, 5) is 34.3. The minimum Gasteiger partial charge on any atom is -0.463 e. The predicted octanol–water partition coefficient (Wildman–Crippen LogP) is 1.44. The van der Waals surface area contributed by atoms with Gasteiger partial charge in [-0.1, -0.05) is 18.2 Å². The number of nitro groups is 1. The Morgan fingerprint density at radius 2 is 1.91 bits per heavy atom. The molecule has 1 unspecified atom stereocenters. The number of esters is 1. The van der Waals surface area contributed by atoms with Crippen molar-refractivity contribution in [1.82, 2.24) is 5.32 Å². The molecule has 0 saturated heterocycles. The summed E-state index contributed by atoms with van der Waals surface area (Å²) in [5, 5.41) is 13.7. The van der Waals surface area contributed by atoms with Gasteiger partial charge in [-0.25, -0.2) is 0 Å². The molecule has 1 aromatic rings. The van der Waals surface area contributed by atoms with Gasteiger partial charge in [-0.2, -0.15) is 0 Å². The van der Waals surface area contributed by atoms with Crippen LogP contribution >= 0.6 is 0 Å². The molecule has 0 radical (unpaired) electrons. The SMILES string of the molecule is CC(C)OC(=O)CC(NC(=O)[C@@H](C)N)c1ccccc1[N+](=O)[O-]. The van der Waals surface area contributed by atoms with Gasteiger partial charge in [0.05, 0.1) is 35.1 Å². The molecule has 0 aromatic heterocycles. The number of carbonyl (C=O) groups is 2. The third-order valence-electron chi connectivity index (χ3n) is 2.98. The number of amides is 1. The van der Waals surface area contributed by atoms with Crippen molar-refractivity contribution in [2.45, 2.75) is 45.4 Å². The van der Waals surface area contributed by atoms with E-state index in [2.05, 4.69) is 5.32 Å². The smallest absolute Gasteiger partial charge is 0.308 e. The highest BCUT2D eigenvalue weighted by Gasteiger charge is 2.27. The van der Waals surface area contributed by atoms with Crippen LogP contribution in [0.25, 0.3) is 0 Å². The summed E-state index contributed by atoms with van der Waals surface area (Å²) in [6.45, 7) is 4.87. The van der Waals surface area contributed by atoms with E-state index >= 15 is 0 Å². The molecule has 0 aliphatic heterocycles. The normalized spacial score (nSPS) is 13.3. The van der Waals surface area contributed by atoms with Gasteiger partial charge < -0.3 is 15.8 Å². The van der Waals surface area contributed by atoms with E-state index in [0.717, 1.165) is 0 Å². The highest BCUT2D eigenvalue weighted by molar-refractivity contribution is 5.82. The molecule has 2 atom stereocenters. The Labute approximate surface area is 134 Å². The lowest BCUT2D eigenvalue weighted by atomic mass is 10.0. The molecule has 0 fully saturated rings. The van der Waals surface area contributed by atoms with Crippen molar-refractivity contribution >= 4 is 17.6 Å². The van der Waals surface area contributed by atoms with Crippen molar-refractivity contribution in [1.29, 1.82) is 0 Å². The van der Waals surface area contributed by atoms with E-state index in [4.69, 9.17) is 10.5 Å². The lowest BCUT2D eigenvalue weighted by molar-refractivity contribution is -0.385. The van der Waals surface area contributed by atoms with Crippen LogP contribution in [0.1, 0.15) is 38.8 Å². The third-order valence-corrected chi connectivity index (χ3v) is 2.98. The number of nitrogens with zero attached hydrogens (tertiary/aromatic N) is 1. The number of nitro benzene ring substituents is 1. The van der Waals surface area contributed by atoms with E-state index in [9.17, 15) is 19.7 Å². The number of para-hydroxylation sites is 1. The van der Waals surface area contributed by atoms with Gasteiger partial charge in [0.25, 0.3) is 5.69 Å². The first kappa shape index (κ1) is 18.6. The second-order valence-corrected chi connectivity index (χ2v) is 5.41. The molecule has 1 aromatic carbocycles. The summed E-state index contributed by atoms with van der Waals surface area (Å²) in [7, 11) is 0. The minimum atomic E-state index is -0.888. The summed E-state index contributed by atoms with van der Waals surface area (Å²) >= 11 is 0. The first-order chi connectivity index (χ1) is 10.7. The number of nitrogens with two attached hydrogens (primary N) is 1. The Hall–Kier alpha value is -2.48. The van der Waals surface area contributed by atoms with Gasteiger partial charge in [0.1, 0.15) is 0 Å². The van der Waals surface area contributed by atoms with Crippen molar-refractivity contribution in [3.63, 3.8) is 0 Å². The summed E-state index contributed by atoms with van der Waals surface area (Å²) < 4.78 is 5.05. The quantitative estimate of drug-likeness (QED) is 0.444. The number of nitrogens with one attached hydrogen (secondary N) is 1. The molecule has 0 spiro atoms. The average Bonchev–Trinajstić information content (AvgIpc) is 2.45. The van der Waals surface area contributed by atoms with E-state index in [1.165, 1.54) is 25.1 Å². The molecule has 1 rings (SSSR count). The summed E-state index contributed by atoms with van der Waals surface area (Å²) in [6, 6.07) is 4.23. The van der Waals surface area contributed by atoms with Crippen LogP contribution in [0.2, 0.25) is 0 Å². The van der Waals surface area contributed by atoms with E-state index in [1.807, 2.05) is 0 Å². The van der Waals surface area contributed by atoms with Gasteiger partial charge in [-0.3, -0.25) is 19.7 Å². The third kappa shape index (κ3) is 5.67. The zero-order valence-electron chi connectivity index (χ0n) is 13.3. The highest BCUT2D eigenvalue weighted by Crippen LogP contribution is 2.27. The van der Waals surface area contributed by atoms with E-state index in [-0.39, 0.29) is 23.8 Å². The topological polar surface area (TPSA) is 125 Å². The first-order valence-corrected chi connectivity index (χ1v) is 7.21. The Morgan fingerprint density at radius 1 is 1.30 bits per heavy atom. The van der Waals surface area contributed by atoms with Gasteiger partial charge in [-0.05, 0) is 20.8 Å². The molecule has 1 amide bonds. The zero-order valence-corrected chi connectivity index (χ0v) is 13.3. The monoisotopic (exact) mass is 323 g/mol. The van der Waals surface area contributed by atoms with E-state index in [1.54, 1.807) is 19.9 Å². The zero-order chi connectivity index (χ0) is 17.6. The molecular weight excluding hydrogens is 302 g/mol. The van der Waals surface area contributed by atoms with Gasteiger partial charge in [-0.15, -0.1) is 0 Å². The Balaban J connectivity index is 3.11. The number of hydrogen-bond donors (Lipinski definition) is 2. The Kier molecular flexibility index (Phi) is 6.65. The molecular formula is C15H21N3O5. The Morgan fingerprint density at radius 3 is 2.43 bits per heavy atom. The van der Waals surface area contributed by atoms with Crippen molar-refractivity contribution in [2.24, 2.45) is 5.73 Å². The summed E-state index contributed by atoms with van der Waals surface area (Å²) in [5.74, 6) is -1.07. The summed E-state index contributed by atoms with van der Waals surface area (Å²) in [5.41, 5.74) is 5.56. The molecule has 0 aliphatic carbocycles. The molecule has 0 heterocycles. The maximum Gasteiger partial charge on any atom is 0.308 e. The lowest BCUT2D eigenvalue weighted by Gasteiger charge is -2.20. The minimum absolute atomic E-state index is 0.181. The average molecular weight is 323 g/mol. The molecule has 8 heteroatoms. The maximum atomic E-state index is 11.9. The van der Waals surface area contributed by atoms with Crippen LogP contribution in [0.5, 0.6) is 0 Å². The van der Waals surface area contributed by atoms with Gasteiger partial charge >= 0.3 is 5.97 Å². The second kappa shape index (κ2) is 8.23. The van der Waals surface area contributed by atoms with Crippen molar-refractivity contribution < 1.29 is 19.2 Å². The van der Waals surface area contributed by atoms with Crippen LogP contribution in [0.4, 0.5) is 5.69 Å². The Bertz CT molecular complexity index is 586. The van der Waals surface area contributed by atoms with Gasteiger partial charge in [0.2, 0.25) is 5.91 Å². The van der Waals surface area contributed by atoms with Crippen LogP contribution in [0, 0.1) is 10.1 Å². The fraction of sp³-hybridized carbons (Fsp3) is 0.467. The first-order valence-electron chi connectivity index (χ1n) is 7.21. The second-order valence-electron chi connectivity index (χ2n) is 5.41. The van der Waals surface area contributed by atoms with Gasteiger partial charge in [0.15, 0.2) is 0 Å². The number of rotatable bonds is 7. The standard InChI is InChI=1S/C15H21N3O5/c1-9(2)23-14(19)8-12(17-15(20)10(3)16)11-6-4-5-7-13(11)18(21)22/h4-7,9-10,12H,8,16H2,1-3H3,(H,17,20)/t10-,12?/m1/s1. The predicted molar refractivity (Wildman–Crippen MR) is 83.5 cm³/mol. The molecule has 8 nitrogen and oxygen atoms in total. The number of hydrogen-bond acceptors (Lipinski definition) is 6. The van der Waals surface area contributed by atoms with E-state index in [0.29, 0.717) is 0 Å². The maximum absolute atomic E-state index is 11.9. The molecule has 0 saturated carbocycles. The van der Waals surface area contributed by atoms with Crippen LogP contribution in [-0.4, -0.2) is 28.9 Å². The van der Waals surface area contributed by atoms with Crippen LogP contribution in [0.15, 0.2) is 24.3 Å². The van der Waals surface area contributed by atoms with Crippen LogP contribution in [-0.2, 0) is 14.3 Å². The number of carbonyl (C=O) groups excluding carboxylic acids is 2. The largest absolute Gasteiger partial charge is 0.463 e. The fourth-order valence-corrected chi connectivity index (χ4v) is 1.97. The molecule has 3 N–H and O–H groups in total. The van der Waals surface area contributed by atoms with Crippen LogP contribution < -0.4 is 11.1 Å². The van der Waals surface area contributed by atoms with Crippen molar-refractivity contribution in [3.05, 3.63) is 39.9 Å². The van der Waals surface area contributed by atoms with Crippen molar-refractivity contribution in [2.75, 3.05) is 0 Å². The molecule has 23 heavy (non-hydrogen) atoms. The van der Waals surface area contributed by atoms with Crippen LogP contribution in [0.3, 0.4) is 0 Å². The number of ether oxygens (including phenoxy) is 1. The molecule has 0 aliphatic rings. The molecule has 126 valence electrons. The molecule has 0 bridgehead atoms. The fourth-order valence-electron chi connectivity index (χ4n) is 1.97. The lowest BCUT2D eigenvalue weighted by Crippen LogP contribution is -2.41.